The van der Waals surface area contributed by atoms with Gasteiger partial charge in [-0.3, -0.25) is 4.98 Å². The summed E-state index contributed by atoms with van der Waals surface area (Å²) in [4.78, 5) is 8.79. The molecule has 5 nitrogen and oxygen atoms in total. The highest BCUT2D eigenvalue weighted by Gasteiger charge is 2.21. The van der Waals surface area contributed by atoms with Crippen LogP contribution in [0.2, 0.25) is 0 Å². The molecule has 0 saturated heterocycles. The molecule has 0 spiro atoms. The molecule has 1 atom stereocenters. The summed E-state index contributed by atoms with van der Waals surface area (Å²) in [6.45, 7) is 0. The van der Waals surface area contributed by atoms with Crippen molar-refractivity contribution >= 4 is 16.7 Å². The Labute approximate surface area is 186 Å². The number of aromatic hydroxyl groups is 1. The number of aromatic nitrogens is 2. The number of nitrogens with zero attached hydrogens (tertiary/aromatic N) is 2. The molecular weight excluding hydrogens is 398 g/mol. The molecule has 0 bridgehead atoms. The summed E-state index contributed by atoms with van der Waals surface area (Å²) >= 11 is 0. The van der Waals surface area contributed by atoms with Crippen molar-refractivity contribution < 1.29 is 9.84 Å². The van der Waals surface area contributed by atoms with Crippen molar-refractivity contribution in [2.75, 3.05) is 5.32 Å². The van der Waals surface area contributed by atoms with Gasteiger partial charge in [0.1, 0.15) is 28.6 Å². The molecule has 32 heavy (non-hydrogen) atoms. The molecule has 3 aromatic carbocycles. The van der Waals surface area contributed by atoms with Crippen LogP contribution in [0.25, 0.3) is 10.9 Å². The van der Waals surface area contributed by atoms with Gasteiger partial charge in [-0.05, 0) is 48.0 Å². The first-order valence-corrected chi connectivity index (χ1v) is 10.3. The zero-order valence-corrected chi connectivity index (χ0v) is 17.2. The van der Waals surface area contributed by atoms with Crippen LogP contribution in [0.1, 0.15) is 17.2 Å². The van der Waals surface area contributed by atoms with Crippen molar-refractivity contribution in [2.24, 2.45) is 0 Å². The minimum absolute atomic E-state index is 0.144. The number of nitrogens with one attached hydrogen (secondary N) is 1. The molecule has 2 aromatic heterocycles. The van der Waals surface area contributed by atoms with E-state index in [2.05, 4.69) is 15.3 Å². The van der Waals surface area contributed by atoms with Crippen molar-refractivity contribution in [1.29, 1.82) is 0 Å². The van der Waals surface area contributed by atoms with Gasteiger partial charge in [-0.25, -0.2) is 4.98 Å². The zero-order chi connectivity index (χ0) is 21.8. The molecule has 0 radical (unpaired) electrons. The van der Waals surface area contributed by atoms with E-state index in [0.717, 1.165) is 16.7 Å². The largest absolute Gasteiger partial charge is 0.505 e. The Kier molecular flexibility index (Phi) is 5.37. The fourth-order valence-corrected chi connectivity index (χ4v) is 3.70. The lowest BCUT2D eigenvalue weighted by molar-refractivity contribution is 0.470. The second-order valence-corrected chi connectivity index (χ2v) is 7.36. The lowest BCUT2D eigenvalue weighted by atomic mass is 9.96. The van der Waals surface area contributed by atoms with Gasteiger partial charge in [0.2, 0.25) is 0 Å². The maximum Gasteiger partial charge on any atom is 0.147 e. The Balaban J connectivity index is 1.58. The van der Waals surface area contributed by atoms with Gasteiger partial charge in [0.15, 0.2) is 0 Å². The molecule has 156 valence electrons. The zero-order valence-electron chi connectivity index (χ0n) is 17.2. The van der Waals surface area contributed by atoms with Crippen LogP contribution in [0.15, 0.2) is 109 Å². The van der Waals surface area contributed by atoms with E-state index in [1.807, 2.05) is 97.1 Å². The third-order valence-corrected chi connectivity index (χ3v) is 5.22. The number of pyridine rings is 2. The SMILES string of the molecule is Oc1c([C@H](Nc2ccccn2)c2cccc(Oc3ccccc3)c2)ccc2cccnc12. The van der Waals surface area contributed by atoms with Crippen molar-refractivity contribution in [1.82, 2.24) is 9.97 Å². The predicted molar refractivity (Wildman–Crippen MR) is 126 cm³/mol. The number of anilines is 1. The summed E-state index contributed by atoms with van der Waals surface area (Å²) in [5.41, 5.74) is 2.20. The first-order valence-electron chi connectivity index (χ1n) is 10.3. The molecule has 5 rings (SSSR count). The van der Waals surface area contributed by atoms with Gasteiger partial charge in [-0.2, -0.15) is 0 Å². The van der Waals surface area contributed by atoms with Gasteiger partial charge in [0.05, 0.1) is 6.04 Å². The van der Waals surface area contributed by atoms with E-state index in [9.17, 15) is 5.11 Å². The average molecular weight is 419 g/mol. The predicted octanol–water partition coefficient (Wildman–Crippen LogP) is 6.33. The summed E-state index contributed by atoms with van der Waals surface area (Å²) in [6, 6.07) is 30.5. The summed E-state index contributed by atoms with van der Waals surface area (Å²) in [5, 5.41) is 15.4. The average Bonchev–Trinajstić information content (AvgIpc) is 2.85. The summed E-state index contributed by atoms with van der Waals surface area (Å²) in [5.74, 6) is 2.31. The van der Waals surface area contributed by atoms with Gasteiger partial charge in [-0.15, -0.1) is 0 Å². The van der Waals surface area contributed by atoms with E-state index in [1.54, 1.807) is 12.4 Å². The molecule has 0 aliphatic carbocycles. The van der Waals surface area contributed by atoms with Crippen LogP contribution < -0.4 is 10.1 Å². The van der Waals surface area contributed by atoms with Crippen LogP contribution >= 0.6 is 0 Å². The summed E-state index contributed by atoms with van der Waals surface area (Å²) in [6.07, 6.45) is 3.41. The maximum atomic E-state index is 11.1. The van der Waals surface area contributed by atoms with Gasteiger partial charge >= 0.3 is 0 Å². The lowest BCUT2D eigenvalue weighted by Crippen LogP contribution is -2.13. The van der Waals surface area contributed by atoms with Crippen molar-refractivity contribution in [2.45, 2.75) is 6.04 Å². The van der Waals surface area contributed by atoms with Gasteiger partial charge < -0.3 is 15.2 Å². The van der Waals surface area contributed by atoms with Crippen LogP contribution in [0.5, 0.6) is 17.2 Å². The number of hydrogen-bond donors (Lipinski definition) is 2. The Bertz CT molecular complexity index is 1340. The van der Waals surface area contributed by atoms with Crippen LogP contribution in [0, 0.1) is 0 Å². The standard InChI is InChI=1S/C27H21N3O2/c31-27-23(15-14-19-9-7-17-29-26(19)27)25(30-24-13-4-5-16-28-24)20-8-6-12-22(18-20)32-21-10-2-1-3-11-21/h1-18,25,31H,(H,28,30)/t25-/m1/s1. The summed E-state index contributed by atoms with van der Waals surface area (Å²) < 4.78 is 6.04. The number of rotatable bonds is 6. The molecule has 5 aromatic rings. The summed E-state index contributed by atoms with van der Waals surface area (Å²) in [7, 11) is 0. The Morgan fingerprint density at radius 1 is 0.719 bits per heavy atom. The number of hydrogen-bond acceptors (Lipinski definition) is 5. The number of ether oxygens (including phenoxy) is 1. The lowest BCUT2D eigenvalue weighted by Gasteiger charge is -2.22. The van der Waals surface area contributed by atoms with E-state index in [0.29, 0.717) is 22.6 Å². The van der Waals surface area contributed by atoms with E-state index in [-0.39, 0.29) is 11.8 Å². The second kappa shape index (κ2) is 8.78. The van der Waals surface area contributed by atoms with Crippen molar-refractivity contribution in [3.63, 3.8) is 0 Å². The smallest absolute Gasteiger partial charge is 0.147 e. The molecule has 5 heteroatoms. The number of phenols is 1. The molecule has 2 N–H and O–H groups in total. The monoisotopic (exact) mass is 419 g/mol. The van der Waals surface area contributed by atoms with Crippen molar-refractivity contribution in [3.8, 4) is 17.2 Å². The van der Waals surface area contributed by atoms with Crippen LogP contribution in [0.3, 0.4) is 0 Å². The van der Waals surface area contributed by atoms with Crippen LogP contribution in [-0.2, 0) is 0 Å². The van der Waals surface area contributed by atoms with E-state index >= 15 is 0 Å². The number of phenolic OH excluding ortho intramolecular Hbond substituents is 1. The minimum Gasteiger partial charge on any atom is -0.505 e. The molecule has 0 unspecified atom stereocenters. The topological polar surface area (TPSA) is 67.3 Å². The maximum absolute atomic E-state index is 11.1. The number of para-hydroxylation sites is 1. The molecule has 2 heterocycles. The van der Waals surface area contributed by atoms with Crippen LogP contribution in [-0.4, -0.2) is 15.1 Å². The molecule has 0 aliphatic rings. The second-order valence-electron chi connectivity index (χ2n) is 7.36. The fourth-order valence-electron chi connectivity index (χ4n) is 3.70. The van der Waals surface area contributed by atoms with Gasteiger partial charge in [0, 0.05) is 23.3 Å². The number of benzene rings is 3. The highest BCUT2D eigenvalue weighted by Crippen LogP contribution is 2.37. The highest BCUT2D eigenvalue weighted by molar-refractivity contribution is 5.86. The van der Waals surface area contributed by atoms with Gasteiger partial charge in [0.25, 0.3) is 0 Å². The normalized spacial score (nSPS) is 11.8. The molecular formula is C27H21N3O2. The Morgan fingerprint density at radius 3 is 2.38 bits per heavy atom. The van der Waals surface area contributed by atoms with E-state index < -0.39 is 0 Å². The third-order valence-electron chi connectivity index (χ3n) is 5.22. The Morgan fingerprint density at radius 2 is 1.53 bits per heavy atom. The first kappa shape index (κ1) is 19.6. The molecule has 0 saturated carbocycles. The molecule has 0 fully saturated rings. The van der Waals surface area contributed by atoms with Crippen LogP contribution in [0.4, 0.5) is 5.82 Å². The van der Waals surface area contributed by atoms with Gasteiger partial charge in [-0.1, -0.05) is 54.6 Å². The Hall–Kier alpha value is -4.38. The van der Waals surface area contributed by atoms with E-state index in [4.69, 9.17) is 4.74 Å². The fraction of sp³-hybridized carbons (Fsp3) is 0.0370. The number of fused-ring (bicyclic) bond motifs is 1. The molecule has 0 aliphatic heterocycles. The quantitative estimate of drug-likeness (QED) is 0.337. The highest BCUT2D eigenvalue weighted by atomic mass is 16.5. The van der Waals surface area contributed by atoms with Crippen molar-refractivity contribution in [3.05, 3.63) is 121 Å². The minimum atomic E-state index is -0.365. The molecule has 0 amide bonds. The first-order chi connectivity index (χ1) is 15.8. The van der Waals surface area contributed by atoms with E-state index in [1.165, 1.54) is 0 Å². The third kappa shape index (κ3) is 4.09.